The Morgan fingerprint density at radius 1 is 1.35 bits per heavy atom. The molecule has 0 bridgehead atoms. The van der Waals surface area contributed by atoms with Crippen molar-refractivity contribution in [2.75, 3.05) is 13.1 Å². The first-order valence-corrected chi connectivity index (χ1v) is 6.09. The number of alkyl halides is 3. The highest BCUT2D eigenvalue weighted by Crippen LogP contribution is 2.27. The fourth-order valence-corrected chi connectivity index (χ4v) is 1.82. The summed E-state index contributed by atoms with van der Waals surface area (Å²) in [6.45, 7) is 2.21. The van der Waals surface area contributed by atoms with Gasteiger partial charge in [-0.05, 0) is 19.0 Å². The van der Waals surface area contributed by atoms with Gasteiger partial charge < -0.3 is 9.84 Å². The molecule has 0 spiro atoms. The van der Waals surface area contributed by atoms with E-state index in [1.165, 1.54) is 18.2 Å². The maximum Gasteiger partial charge on any atom is 0.573 e. The number of carbonyl (C=O) groups is 1. The zero-order chi connectivity index (χ0) is 15.2. The first kappa shape index (κ1) is 16.3. The van der Waals surface area contributed by atoms with E-state index in [0.29, 0.717) is 18.5 Å². The fourth-order valence-electron chi connectivity index (χ4n) is 1.82. The molecule has 0 aliphatic heterocycles. The van der Waals surface area contributed by atoms with E-state index in [2.05, 4.69) is 4.74 Å². The van der Waals surface area contributed by atoms with E-state index in [9.17, 15) is 18.0 Å². The van der Waals surface area contributed by atoms with E-state index in [1.54, 1.807) is 11.0 Å². The third kappa shape index (κ3) is 5.92. The Kier molecular flexibility index (Phi) is 5.82. The predicted octanol–water partition coefficient (Wildman–Crippen LogP) is 2.88. The number of benzene rings is 1. The largest absolute Gasteiger partial charge is 0.573 e. The van der Waals surface area contributed by atoms with Gasteiger partial charge in [-0.15, -0.1) is 13.2 Å². The van der Waals surface area contributed by atoms with Crippen LogP contribution >= 0.6 is 0 Å². The predicted molar refractivity (Wildman–Crippen MR) is 66.3 cm³/mol. The second kappa shape index (κ2) is 7.14. The summed E-state index contributed by atoms with van der Waals surface area (Å²) in [6.07, 6.45) is -4.06. The SMILES string of the molecule is CCCN(CC(=O)O)Cc1ccccc1OC(F)(F)F. The van der Waals surface area contributed by atoms with Crippen LogP contribution in [0, 0.1) is 0 Å². The van der Waals surface area contributed by atoms with Gasteiger partial charge in [-0.2, -0.15) is 0 Å². The zero-order valence-corrected chi connectivity index (χ0v) is 11.0. The Hall–Kier alpha value is -1.76. The lowest BCUT2D eigenvalue weighted by atomic mass is 10.2. The van der Waals surface area contributed by atoms with Crippen LogP contribution < -0.4 is 4.74 Å². The topological polar surface area (TPSA) is 49.8 Å². The molecule has 0 fully saturated rings. The number of hydrogen-bond donors (Lipinski definition) is 1. The van der Waals surface area contributed by atoms with E-state index in [1.807, 2.05) is 6.92 Å². The summed E-state index contributed by atoms with van der Waals surface area (Å²) in [7, 11) is 0. The molecule has 0 amide bonds. The minimum Gasteiger partial charge on any atom is -0.480 e. The van der Waals surface area contributed by atoms with Gasteiger partial charge >= 0.3 is 12.3 Å². The van der Waals surface area contributed by atoms with Crippen LogP contribution in [0.25, 0.3) is 0 Å². The molecule has 0 saturated heterocycles. The summed E-state index contributed by atoms with van der Waals surface area (Å²) < 4.78 is 40.8. The van der Waals surface area contributed by atoms with Crippen LogP contribution in [0.15, 0.2) is 24.3 Å². The summed E-state index contributed by atoms with van der Waals surface area (Å²) in [4.78, 5) is 12.3. The maximum absolute atomic E-state index is 12.3. The molecule has 0 atom stereocenters. The van der Waals surface area contributed by atoms with Gasteiger partial charge in [0, 0.05) is 12.1 Å². The fraction of sp³-hybridized carbons (Fsp3) is 0.462. The molecule has 1 aromatic carbocycles. The minimum absolute atomic E-state index is 0.0897. The highest BCUT2D eigenvalue weighted by Gasteiger charge is 2.32. The van der Waals surface area contributed by atoms with Crippen molar-refractivity contribution in [3.63, 3.8) is 0 Å². The molecular formula is C13H16F3NO3. The number of carboxylic acid groups (broad SMARTS) is 1. The van der Waals surface area contributed by atoms with Crippen LogP contribution in [-0.4, -0.2) is 35.4 Å². The van der Waals surface area contributed by atoms with Crippen LogP contribution in [0.3, 0.4) is 0 Å². The first-order chi connectivity index (χ1) is 9.31. The second-order valence-corrected chi connectivity index (χ2v) is 4.26. The van der Waals surface area contributed by atoms with Gasteiger partial charge in [0.2, 0.25) is 0 Å². The summed E-state index contributed by atoms with van der Waals surface area (Å²) >= 11 is 0. The van der Waals surface area contributed by atoms with Crippen molar-refractivity contribution in [1.82, 2.24) is 4.90 Å². The molecule has 0 aliphatic carbocycles. The third-order valence-corrected chi connectivity index (χ3v) is 2.49. The number of halogens is 3. The second-order valence-electron chi connectivity index (χ2n) is 4.26. The molecule has 0 saturated carbocycles. The van der Waals surface area contributed by atoms with Crippen LogP contribution in [0.1, 0.15) is 18.9 Å². The van der Waals surface area contributed by atoms with Crippen LogP contribution in [-0.2, 0) is 11.3 Å². The molecule has 7 heteroatoms. The monoisotopic (exact) mass is 291 g/mol. The first-order valence-electron chi connectivity index (χ1n) is 6.09. The van der Waals surface area contributed by atoms with Gasteiger partial charge in [0.1, 0.15) is 5.75 Å². The van der Waals surface area contributed by atoms with Crippen LogP contribution in [0.5, 0.6) is 5.75 Å². The molecule has 4 nitrogen and oxygen atoms in total. The number of carboxylic acids is 1. The molecule has 0 aliphatic rings. The Labute approximate surface area is 114 Å². The Balaban J connectivity index is 2.86. The molecule has 112 valence electrons. The normalized spacial score (nSPS) is 11.7. The average molecular weight is 291 g/mol. The summed E-state index contributed by atoms with van der Waals surface area (Å²) in [5.74, 6) is -1.32. The van der Waals surface area contributed by atoms with E-state index >= 15 is 0 Å². The van der Waals surface area contributed by atoms with Crippen molar-refractivity contribution < 1.29 is 27.8 Å². The third-order valence-electron chi connectivity index (χ3n) is 2.49. The van der Waals surface area contributed by atoms with Crippen molar-refractivity contribution in [1.29, 1.82) is 0 Å². The molecule has 0 aromatic heterocycles. The molecule has 1 N–H and O–H groups in total. The molecule has 1 rings (SSSR count). The van der Waals surface area contributed by atoms with Gasteiger partial charge in [-0.25, -0.2) is 0 Å². The number of hydrogen-bond acceptors (Lipinski definition) is 3. The minimum atomic E-state index is -4.77. The Bertz CT molecular complexity index is 449. The number of rotatable bonds is 7. The summed E-state index contributed by atoms with van der Waals surface area (Å²) in [5, 5.41) is 8.79. The highest BCUT2D eigenvalue weighted by atomic mass is 19.4. The number of para-hydroxylation sites is 1. The summed E-state index contributed by atoms with van der Waals surface area (Å²) in [5.41, 5.74) is 0.305. The smallest absolute Gasteiger partial charge is 0.480 e. The van der Waals surface area contributed by atoms with Crippen molar-refractivity contribution >= 4 is 5.97 Å². The van der Waals surface area contributed by atoms with E-state index < -0.39 is 12.3 Å². The van der Waals surface area contributed by atoms with Crippen molar-refractivity contribution in [2.24, 2.45) is 0 Å². The van der Waals surface area contributed by atoms with Crippen LogP contribution in [0.2, 0.25) is 0 Å². The molecule has 0 radical (unpaired) electrons. The van der Waals surface area contributed by atoms with Gasteiger partial charge in [0.05, 0.1) is 6.54 Å². The average Bonchev–Trinajstić information content (AvgIpc) is 2.29. The molecule has 0 unspecified atom stereocenters. The van der Waals surface area contributed by atoms with Gasteiger partial charge in [-0.3, -0.25) is 9.69 Å². The lowest BCUT2D eigenvalue weighted by Gasteiger charge is -2.21. The number of aliphatic carboxylic acids is 1. The molecule has 1 aromatic rings. The molecule has 0 heterocycles. The van der Waals surface area contributed by atoms with Gasteiger partial charge in [-0.1, -0.05) is 25.1 Å². The standard InChI is InChI=1S/C13H16F3NO3/c1-2-7-17(9-12(18)19)8-10-5-3-4-6-11(10)20-13(14,15)16/h3-6H,2,7-9H2,1H3,(H,18,19). The quantitative estimate of drug-likeness (QED) is 0.839. The zero-order valence-electron chi connectivity index (χ0n) is 11.0. The highest BCUT2D eigenvalue weighted by molar-refractivity contribution is 5.69. The summed E-state index contributed by atoms with van der Waals surface area (Å²) in [6, 6.07) is 5.73. The number of nitrogens with zero attached hydrogens (tertiary/aromatic N) is 1. The van der Waals surface area contributed by atoms with E-state index in [0.717, 1.165) is 0 Å². The lowest BCUT2D eigenvalue weighted by Crippen LogP contribution is -2.30. The molecular weight excluding hydrogens is 275 g/mol. The van der Waals surface area contributed by atoms with Gasteiger partial charge in [0.15, 0.2) is 0 Å². The van der Waals surface area contributed by atoms with Crippen molar-refractivity contribution in [2.45, 2.75) is 26.3 Å². The Morgan fingerprint density at radius 2 is 2.00 bits per heavy atom. The number of ether oxygens (including phenoxy) is 1. The van der Waals surface area contributed by atoms with Crippen LogP contribution in [0.4, 0.5) is 13.2 Å². The van der Waals surface area contributed by atoms with E-state index in [-0.39, 0.29) is 18.8 Å². The van der Waals surface area contributed by atoms with E-state index in [4.69, 9.17) is 5.11 Å². The molecule has 20 heavy (non-hydrogen) atoms. The maximum atomic E-state index is 12.3. The van der Waals surface area contributed by atoms with Crippen molar-refractivity contribution in [3.8, 4) is 5.75 Å². The Morgan fingerprint density at radius 3 is 2.55 bits per heavy atom. The van der Waals surface area contributed by atoms with Gasteiger partial charge in [0.25, 0.3) is 0 Å². The lowest BCUT2D eigenvalue weighted by molar-refractivity contribution is -0.275. The van der Waals surface area contributed by atoms with Crippen molar-refractivity contribution in [3.05, 3.63) is 29.8 Å².